The quantitative estimate of drug-likeness (QED) is 0.661. The summed E-state index contributed by atoms with van der Waals surface area (Å²) in [6, 6.07) is 3.76. The van der Waals surface area contributed by atoms with Gasteiger partial charge in [0.1, 0.15) is 5.75 Å². The highest BCUT2D eigenvalue weighted by molar-refractivity contribution is 6.31. The van der Waals surface area contributed by atoms with Gasteiger partial charge in [-0.1, -0.05) is 44.2 Å². The smallest absolute Gasteiger partial charge is 0.224 e. The van der Waals surface area contributed by atoms with E-state index in [0.29, 0.717) is 41.1 Å². The number of amides is 1. The third-order valence-electron chi connectivity index (χ3n) is 5.33. The Hall–Kier alpha value is -2.99. The summed E-state index contributed by atoms with van der Waals surface area (Å²) in [6.45, 7) is 9.23. The zero-order valence-corrected chi connectivity index (χ0v) is 18.1. The fourth-order valence-corrected chi connectivity index (χ4v) is 4.46. The lowest BCUT2D eigenvalue weighted by Crippen LogP contribution is -2.37. The number of nitrogens with zero attached hydrogens (tertiary/aromatic N) is 1. The predicted octanol–water partition coefficient (Wildman–Crippen LogP) is 4.05. The van der Waals surface area contributed by atoms with Crippen LogP contribution in [0.15, 0.2) is 65.8 Å². The molecule has 1 unspecified atom stereocenters. The van der Waals surface area contributed by atoms with Crippen LogP contribution in [0, 0.1) is 5.41 Å². The van der Waals surface area contributed by atoms with E-state index >= 15 is 0 Å². The second-order valence-electron chi connectivity index (χ2n) is 8.32. The molecule has 0 bridgehead atoms. The highest BCUT2D eigenvalue weighted by Crippen LogP contribution is 2.47. The molecule has 0 radical (unpaired) electrons. The number of ketones is 1. The van der Waals surface area contributed by atoms with Gasteiger partial charge in [-0.15, -0.1) is 0 Å². The second-order valence-corrected chi connectivity index (χ2v) is 8.73. The zero-order valence-electron chi connectivity index (χ0n) is 17.3. The van der Waals surface area contributed by atoms with E-state index in [-0.39, 0.29) is 27.9 Å². The molecule has 158 valence electrons. The number of hydrogen-bond acceptors (Lipinski definition) is 5. The second kappa shape index (κ2) is 8.03. The van der Waals surface area contributed by atoms with Crippen molar-refractivity contribution >= 4 is 23.3 Å². The number of aromatic hydroxyl groups is 1. The van der Waals surface area contributed by atoms with Crippen LogP contribution in [0.5, 0.6) is 5.75 Å². The number of benzene rings is 1. The fourth-order valence-electron chi connectivity index (χ4n) is 4.18. The number of nitrogens with one attached hydrogen (secondary N) is 1. The third kappa shape index (κ3) is 3.87. The monoisotopic (exact) mass is 427 g/mol. The number of hydrogen-bond donors (Lipinski definition) is 3. The highest BCUT2D eigenvalue weighted by atomic mass is 35.5. The standard InChI is InChI=1S/C23H26ClN3O3/c1-5-6-19-18(12-25)26-17-10-23(3,4)11-20(30)21(17)22(27(19)13(2)28)15-8-7-14(29)9-16(15)24/h5-9,12,22,26,29H,1,10-11,25H2,2-4H3/b18-12+,19-6?. The predicted molar refractivity (Wildman–Crippen MR) is 117 cm³/mol. The summed E-state index contributed by atoms with van der Waals surface area (Å²) in [6.07, 6.45) is 5.55. The maximum absolute atomic E-state index is 13.4. The molecule has 0 saturated carbocycles. The van der Waals surface area contributed by atoms with Gasteiger partial charge in [0.25, 0.3) is 0 Å². The van der Waals surface area contributed by atoms with Crippen LogP contribution in [0.1, 0.15) is 45.2 Å². The van der Waals surface area contributed by atoms with E-state index in [2.05, 4.69) is 11.9 Å². The molecule has 1 aromatic rings. The maximum atomic E-state index is 13.4. The van der Waals surface area contributed by atoms with Gasteiger partial charge in [-0.25, -0.2) is 0 Å². The van der Waals surface area contributed by atoms with Crippen molar-refractivity contribution in [3.05, 3.63) is 76.4 Å². The molecule has 0 spiro atoms. The van der Waals surface area contributed by atoms with Gasteiger partial charge in [-0.05, 0) is 35.6 Å². The number of nitrogens with two attached hydrogens (primary N) is 1. The minimum absolute atomic E-state index is 0.000390. The van der Waals surface area contributed by atoms with Gasteiger partial charge in [0.05, 0.1) is 17.4 Å². The van der Waals surface area contributed by atoms with E-state index in [0.717, 1.165) is 0 Å². The Morgan fingerprint density at radius 2 is 2.10 bits per heavy atom. The molecule has 3 rings (SSSR count). The summed E-state index contributed by atoms with van der Waals surface area (Å²) >= 11 is 6.48. The van der Waals surface area contributed by atoms with E-state index < -0.39 is 6.04 Å². The summed E-state index contributed by atoms with van der Waals surface area (Å²) in [5.74, 6) is -0.352. The first-order chi connectivity index (χ1) is 14.1. The van der Waals surface area contributed by atoms with Gasteiger partial charge in [0.15, 0.2) is 5.78 Å². The fraction of sp³-hybridized carbons (Fsp3) is 0.304. The van der Waals surface area contributed by atoms with E-state index in [9.17, 15) is 14.7 Å². The lowest BCUT2D eigenvalue weighted by Gasteiger charge is -2.37. The SMILES string of the molecule is C=CC=C1/C(=C\N)NC2=C(C(=O)CC(C)(C)C2)C(c2ccc(O)cc2Cl)N1C(C)=O. The number of phenols is 1. The molecule has 0 aromatic heterocycles. The molecule has 1 aromatic carbocycles. The first-order valence-corrected chi connectivity index (χ1v) is 10.0. The number of rotatable bonds is 2. The topological polar surface area (TPSA) is 95.7 Å². The number of carbonyl (C=O) groups excluding carboxylic acids is 2. The van der Waals surface area contributed by atoms with Crippen molar-refractivity contribution in [1.29, 1.82) is 0 Å². The number of Topliss-reactive ketones (excluding diaryl/α,β-unsaturated/α-hetero) is 1. The van der Waals surface area contributed by atoms with Gasteiger partial charge in [0.2, 0.25) is 5.91 Å². The van der Waals surface area contributed by atoms with Crippen molar-refractivity contribution in [2.24, 2.45) is 11.1 Å². The van der Waals surface area contributed by atoms with Gasteiger partial charge < -0.3 is 16.2 Å². The van der Waals surface area contributed by atoms with Crippen molar-refractivity contribution in [3.8, 4) is 5.75 Å². The Labute approximate surface area is 181 Å². The lowest BCUT2D eigenvalue weighted by molar-refractivity contribution is -0.128. The Bertz CT molecular complexity index is 1020. The number of phenolic OH excluding ortho intramolecular Hbond substituents is 1. The molecule has 1 atom stereocenters. The number of allylic oxidation sites excluding steroid dienone is 3. The van der Waals surface area contributed by atoms with Crippen molar-refractivity contribution in [2.45, 2.75) is 39.7 Å². The van der Waals surface area contributed by atoms with Gasteiger partial charge in [0, 0.05) is 35.8 Å². The maximum Gasteiger partial charge on any atom is 0.224 e. The van der Waals surface area contributed by atoms with E-state index in [1.807, 2.05) is 13.8 Å². The van der Waals surface area contributed by atoms with Crippen LogP contribution >= 0.6 is 11.6 Å². The molecule has 2 aliphatic rings. The van der Waals surface area contributed by atoms with E-state index in [4.69, 9.17) is 17.3 Å². The first-order valence-electron chi connectivity index (χ1n) is 9.66. The molecule has 30 heavy (non-hydrogen) atoms. The summed E-state index contributed by atoms with van der Waals surface area (Å²) in [4.78, 5) is 27.8. The molecule has 0 saturated heterocycles. The Kier molecular flexibility index (Phi) is 5.81. The van der Waals surface area contributed by atoms with Crippen LogP contribution in [0.4, 0.5) is 0 Å². The van der Waals surface area contributed by atoms with Crippen molar-refractivity contribution in [3.63, 3.8) is 0 Å². The molecule has 1 amide bonds. The minimum Gasteiger partial charge on any atom is -0.508 e. The third-order valence-corrected chi connectivity index (χ3v) is 5.66. The molecule has 1 aliphatic carbocycles. The largest absolute Gasteiger partial charge is 0.508 e. The first kappa shape index (κ1) is 21.7. The molecule has 1 heterocycles. The van der Waals surface area contributed by atoms with Crippen molar-refractivity contribution in [2.75, 3.05) is 0 Å². The summed E-state index contributed by atoms with van der Waals surface area (Å²) < 4.78 is 0. The lowest BCUT2D eigenvalue weighted by atomic mass is 9.73. The van der Waals surface area contributed by atoms with Crippen LogP contribution in [0.25, 0.3) is 0 Å². The van der Waals surface area contributed by atoms with Gasteiger partial charge in [-0.3, -0.25) is 14.5 Å². The summed E-state index contributed by atoms with van der Waals surface area (Å²) in [5.41, 5.74) is 8.37. The Morgan fingerprint density at radius 1 is 1.40 bits per heavy atom. The van der Waals surface area contributed by atoms with E-state index in [1.54, 1.807) is 18.2 Å². The average Bonchev–Trinajstić information content (AvgIpc) is 2.76. The van der Waals surface area contributed by atoms with Crippen LogP contribution in [0.2, 0.25) is 5.02 Å². The van der Waals surface area contributed by atoms with E-state index in [1.165, 1.54) is 30.2 Å². The minimum atomic E-state index is -0.773. The van der Waals surface area contributed by atoms with Crippen molar-refractivity contribution < 1.29 is 14.7 Å². The zero-order chi connectivity index (χ0) is 22.2. The van der Waals surface area contributed by atoms with Gasteiger partial charge in [-0.2, -0.15) is 0 Å². The highest BCUT2D eigenvalue weighted by Gasteiger charge is 2.43. The van der Waals surface area contributed by atoms with Crippen LogP contribution in [0.3, 0.4) is 0 Å². The normalized spacial score (nSPS) is 23.8. The molecule has 0 fully saturated rings. The molecule has 7 heteroatoms. The molecular weight excluding hydrogens is 402 g/mol. The molecule has 1 aliphatic heterocycles. The molecule has 4 N–H and O–H groups in total. The molecular formula is C23H26ClN3O3. The number of halogens is 1. The number of carbonyl (C=O) groups is 2. The van der Waals surface area contributed by atoms with Crippen molar-refractivity contribution in [1.82, 2.24) is 10.2 Å². The van der Waals surface area contributed by atoms with Gasteiger partial charge >= 0.3 is 0 Å². The van der Waals surface area contributed by atoms with Crippen LogP contribution in [-0.2, 0) is 9.59 Å². The Balaban J connectivity index is 2.39. The summed E-state index contributed by atoms with van der Waals surface area (Å²) in [7, 11) is 0. The van der Waals surface area contributed by atoms with Crippen LogP contribution < -0.4 is 11.1 Å². The summed E-state index contributed by atoms with van der Waals surface area (Å²) in [5, 5.41) is 13.4. The average molecular weight is 428 g/mol. The Morgan fingerprint density at radius 3 is 2.67 bits per heavy atom. The molecule has 6 nitrogen and oxygen atoms in total. The van der Waals surface area contributed by atoms with Crippen LogP contribution in [-0.4, -0.2) is 21.7 Å².